The number of ether oxygens (including phenoxy) is 2. The Morgan fingerprint density at radius 2 is 1.77 bits per heavy atom. The lowest BCUT2D eigenvalue weighted by Gasteiger charge is -2.35. The van der Waals surface area contributed by atoms with E-state index in [1.165, 1.54) is 0 Å². The summed E-state index contributed by atoms with van der Waals surface area (Å²) in [6.07, 6.45) is 0.251. The molecule has 1 aliphatic carbocycles. The first-order valence-electron chi connectivity index (χ1n) is 11.1. The van der Waals surface area contributed by atoms with Gasteiger partial charge >= 0.3 is 0 Å². The maximum Gasteiger partial charge on any atom is 0.257 e. The van der Waals surface area contributed by atoms with Crippen LogP contribution in [0.1, 0.15) is 44.0 Å². The van der Waals surface area contributed by atoms with Crippen molar-refractivity contribution in [2.45, 2.75) is 45.8 Å². The molecule has 2 amide bonds. The molecule has 0 radical (unpaired) electrons. The minimum Gasteiger partial charge on any atom is -0.487 e. The number of carbonyl (C=O) groups excluding carboxylic acids is 2. The summed E-state index contributed by atoms with van der Waals surface area (Å²) in [5, 5.41) is 10.7. The molecule has 0 bridgehead atoms. The molecule has 0 unspecified atom stereocenters. The molecule has 1 heterocycles. The van der Waals surface area contributed by atoms with E-state index in [1.54, 1.807) is 17.0 Å². The van der Waals surface area contributed by atoms with Gasteiger partial charge in [0.05, 0.1) is 11.7 Å². The number of nitrogens with zero attached hydrogens (tertiary/aromatic N) is 2. The number of hydrogen-bond donors (Lipinski definition) is 1. The summed E-state index contributed by atoms with van der Waals surface area (Å²) >= 11 is 0. The Hall–Kier alpha value is -2.12. The highest BCUT2D eigenvalue weighted by molar-refractivity contribution is 5.96. The van der Waals surface area contributed by atoms with Crippen LogP contribution in [0.2, 0.25) is 0 Å². The molecule has 2 fully saturated rings. The number of para-hydroxylation sites is 1. The number of benzene rings is 1. The molecule has 1 aromatic carbocycles. The van der Waals surface area contributed by atoms with E-state index in [-0.39, 0.29) is 36.4 Å². The van der Waals surface area contributed by atoms with Crippen molar-refractivity contribution in [2.75, 3.05) is 39.4 Å². The van der Waals surface area contributed by atoms with Gasteiger partial charge in [-0.2, -0.15) is 0 Å². The molecule has 1 aliphatic heterocycles. The van der Waals surface area contributed by atoms with Crippen LogP contribution in [-0.4, -0.2) is 78.3 Å². The van der Waals surface area contributed by atoms with Crippen LogP contribution in [0.25, 0.3) is 0 Å². The van der Waals surface area contributed by atoms with Gasteiger partial charge in [-0.15, -0.1) is 0 Å². The van der Waals surface area contributed by atoms with Crippen molar-refractivity contribution in [2.24, 2.45) is 11.8 Å². The Kier molecular flexibility index (Phi) is 7.72. The van der Waals surface area contributed by atoms with Gasteiger partial charge in [0, 0.05) is 32.8 Å². The van der Waals surface area contributed by atoms with E-state index >= 15 is 0 Å². The molecule has 30 heavy (non-hydrogen) atoms. The third kappa shape index (κ3) is 4.95. The SMILES string of the molecule is CCOCC(=O)N1C[C@H]2C[C@@H](Oc3ccccc3C(=O)N(CC)CC)[C@H](O)C[C@H]2C1. The fourth-order valence-electron chi connectivity index (χ4n) is 4.59. The minimum absolute atomic E-state index is 0.00775. The van der Waals surface area contributed by atoms with Crippen LogP contribution >= 0.6 is 0 Å². The maximum absolute atomic E-state index is 12.9. The highest BCUT2D eigenvalue weighted by Crippen LogP contribution is 2.38. The second-order valence-corrected chi connectivity index (χ2v) is 8.12. The molecule has 7 heteroatoms. The lowest BCUT2D eigenvalue weighted by atomic mass is 9.78. The molecule has 7 nitrogen and oxygen atoms in total. The largest absolute Gasteiger partial charge is 0.487 e. The van der Waals surface area contributed by atoms with Crippen LogP contribution in [0.15, 0.2) is 24.3 Å². The fraction of sp³-hybridized carbons (Fsp3) is 0.652. The summed E-state index contributed by atoms with van der Waals surface area (Å²) in [5.74, 6) is 1.02. The molecule has 2 aliphatic rings. The maximum atomic E-state index is 12.9. The fourth-order valence-corrected chi connectivity index (χ4v) is 4.59. The van der Waals surface area contributed by atoms with E-state index in [9.17, 15) is 14.7 Å². The molecule has 1 saturated heterocycles. The first-order chi connectivity index (χ1) is 14.5. The lowest BCUT2D eigenvalue weighted by molar-refractivity contribution is -0.135. The summed E-state index contributed by atoms with van der Waals surface area (Å²) in [6, 6.07) is 7.24. The van der Waals surface area contributed by atoms with E-state index in [1.807, 2.05) is 37.8 Å². The Bertz CT molecular complexity index is 736. The van der Waals surface area contributed by atoms with Gasteiger partial charge in [0.1, 0.15) is 18.5 Å². The van der Waals surface area contributed by atoms with Crippen molar-refractivity contribution in [3.63, 3.8) is 0 Å². The van der Waals surface area contributed by atoms with Crippen LogP contribution in [0, 0.1) is 11.8 Å². The normalized spacial score (nSPS) is 25.7. The van der Waals surface area contributed by atoms with E-state index in [0.717, 1.165) is 0 Å². The molecule has 3 rings (SSSR count). The zero-order valence-electron chi connectivity index (χ0n) is 18.3. The highest BCUT2D eigenvalue weighted by Gasteiger charge is 2.44. The number of fused-ring (bicyclic) bond motifs is 1. The summed E-state index contributed by atoms with van der Waals surface area (Å²) in [5.41, 5.74) is 0.524. The van der Waals surface area contributed by atoms with E-state index in [4.69, 9.17) is 9.47 Å². The van der Waals surface area contributed by atoms with Crippen molar-refractivity contribution in [1.29, 1.82) is 0 Å². The predicted octanol–water partition coefficient (Wildman–Crippen LogP) is 2.18. The third-order valence-electron chi connectivity index (χ3n) is 6.31. The van der Waals surface area contributed by atoms with Gasteiger partial charge in [-0.25, -0.2) is 0 Å². The average Bonchev–Trinajstić information content (AvgIpc) is 3.16. The van der Waals surface area contributed by atoms with Crippen molar-refractivity contribution in [3.8, 4) is 5.75 Å². The number of rotatable bonds is 8. The molecule has 0 spiro atoms. The van der Waals surface area contributed by atoms with Crippen LogP contribution < -0.4 is 4.74 Å². The number of aliphatic hydroxyl groups excluding tert-OH is 1. The topological polar surface area (TPSA) is 79.3 Å². The molecule has 166 valence electrons. The zero-order chi connectivity index (χ0) is 21.7. The Labute approximate surface area is 178 Å². The number of hydrogen-bond acceptors (Lipinski definition) is 5. The molecular weight excluding hydrogens is 384 g/mol. The molecule has 1 saturated carbocycles. The summed E-state index contributed by atoms with van der Waals surface area (Å²) in [7, 11) is 0. The minimum atomic E-state index is -0.621. The van der Waals surface area contributed by atoms with Gasteiger partial charge in [0.25, 0.3) is 5.91 Å². The quantitative estimate of drug-likeness (QED) is 0.700. The summed E-state index contributed by atoms with van der Waals surface area (Å²) in [4.78, 5) is 28.8. The molecular formula is C23H34N2O5. The first kappa shape index (κ1) is 22.6. The van der Waals surface area contributed by atoms with Crippen LogP contribution in [0.3, 0.4) is 0 Å². The summed E-state index contributed by atoms with van der Waals surface area (Å²) < 4.78 is 11.5. The number of aliphatic hydroxyl groups is 1. The number of carbonyl (C=O) groups is 2. The monoisotopic (exact) mass is 418 g/mol. The van der Waals surface area contributed by atoms with Crippen molar-refractivity contribution in [3.05, 3.63) is 29.8 Å². The number of likely N-dealkylation sites (tertiary alicyclic amines) is 1. The van der Waals surface area contributed by atoms with Gasteiger partial charge in [-0.1, -0.05) is 12.1 Å². The standard InChI is InChI=1S/C23H34N2O5/c1-4-24(5-2)23(28)18-9-7-8-10-20(18)30-21-12-17-14-25(22(27)15-29-6-3)13-16(17)11-19(21)26/h7-10,16-17,19,21,26H,4-6,11-15H2,1-3H3/t16-,17+,19+,21+/m0/s1. The van der Waals surface area contributed by atoms with Crippen LogP contribution in [0.4, 0.5) is 0 Å². The van der Waals surface area contributed by atoms with Crippen LogP contribution in [-0.2, 0) is 9.53 Å². The van der Waals surface area contributed by atoms with Gasteiger partial charge in [0.2, 0.25) is 5.91 Å². The third-order valence-corrected chi connectivity index (χ3v) is 6.31. The smallest absolute Gasteiger partial charge is 0.257 e. The van der Waals surface area contributed by atoms with E-state index < -0.39 is 6.10 Å². The zero-order valence-corrected chi connectivity index (χ0v) is 18.3. The predicted molar refractivity (Wildman–Crippen MR) is 113 cm³/mol. The van der Waals surface area contributed by atoms with Gasteiger partial charge in [0.15, 0.2) is 0 Å². The molecule has 1 aromatic rings. The van der Waals surface area contributed by atoms with E-state index in [2.05, 4.69) is 0 Å². The molecule has 1 N–H and O–H groups in total. The van der Waals surface area contributed by atoms with Gasteiger partial charge in [-0.05, 0) is 57.6 Å². The molecule has 0 aromatic heterocycles. The lowest BCUT2D eigenvalue weighted by Crippen LogP contribution is -2.42. The van der Waals surface area contributed by atoms with Crippen molar-refractivity contribution >= 4 is 11.8 Å². The Morgan fingerprint density at radius 3 is 2.43 bits per heavy atom. The summed E-state index contributed by atoms with van der Waals surface area (Å²) in [6.45, 7) is 9.00. The van der Waals surface area contributed by atoms with Gasteiger partial charge < -0.3 is 24.4 Å². The number of amides is 2. The second-order valence-electron chi connectivity index (χ2n) is 8.12. The van der Waals surface area contributed by atoms with E-state index in [0.29, 0.717) is 56.9 Å². The van der Waals surface area contributed by atoms with Crippen LogP contribution in [0.5, 0.6) is 5.75 Å². The first-order valence-corrected chi connectivity index (χ1v) is 11.1. The van der Waals surface area contributed by atoms with Crippen molar-refractivity contribution < 1.29 is 24.2 Å². The average molecular weight is 419 g/mol. The Morgan fingerprint density at radius 1 is 1.10 bits per heavy atom. The molecule has 4 atom stereocenters. The van der Waals surface area contributed by atoms with Gasteiger partial charge in [-0.3, -0.25) is 9.59 Å². The van der Waals surface area contributed by atoms with Crippen molar-refractivity contribution in [1.82, 2.24) is 9.80 Å². The second kappa shape index (κ2) is 10.3. The Balaban J connectivity index is 1.68. The highest BCUT2D eigenvalue weighted by atomic mass is 16.5.